The minimum Gasteiger partial charge on any atom is -0.381 e. The van der Waals surface area contributed by atoms with E-state index < -0.39 is 0 Å². The maximum absolute atomic E-state index is 12.9. The minimum atomic E-state index is 0.0238. The van der Waals surface area contributed by atoms with Gasteiger partial charge in [0.15, 0.2) is 5.82 Å². The fourth-order valence-corrected chi connectivity index (χ4v) is 5.26. The van der Waals surface area contributed by atoms with Crippen LogP contribution in [0, 0.1) is 5.92 Å². The number of aromatic nitrogens is 2. The smallest absolute Gasteiger partial charge is 0.229 e. The minimum absolute atomic E-state index is 0.0238. The van der Waals surface area contributed by atoms with Crippen molar-refractivity contribution >= 4 is 5.91 Å². The molecule has 0 saturated carbocycles. The molecule has 2 saturated heterocycles. The van der Waals surface area contributed by atoms with E-state index in [1.807, 2.05) is 36.4 Å². The predicted molar refractivity (Wildman–Crippen MR) is 137 cm³/mol. The van der Waals surface area contributed by atoms with E-state index in [1.165, 1.54) is 11.1 Å². The van der Waals surface area contributed by atoms with Crippen molar-refractivity contribution < 1.29 is 14.1 Å². The monoisotopic (exact) mass is 488 g/mol. The molecule has 7 heteroatoms. The number of amides is 1. The predicted octanol–water partition coefficient (Wildman–Crippen LogP) is 4.51. The molecule has 1 N–H and O–H groups in total. The molecule has 0 bridgehead atoms. The Hall–Kier alpha value is -3.03. The molecular weight excluding hydrogens is 452 g/mol. The first-order valence-corrected chi connectivity index (χ1v) is 13.3. The zero-order valence-corrected chi connectivity index (χ0v) is 20.9. The molecule has 1 unspecified atom stereocenters. The number of hydrogen-bond acceptors (Lipinski definition) is 6. The lowest BCUT2D eigenvalue weighted by Gasteiger charge is -2.32. The number of likely N-dealkylation sites (tertiary alicyclic amines) is 1. The van der Waals surface area contributed by atoms with Crippen LogP contribution in [0.1, 0.15) is 66.9 Å². The Morgan fingerprint density at radius 2 is 1.67 bits per heavy atom. The van der Waals surface area contributed by atoms with E-state index in [0.717, 1.165) is 63.5 Å². The number of ether oxygens (including phenoxy) is 1. The highest BCUT2D eigenvalue weighted by Crippen LogP contribution is 2.28. The van der Waals surface area contributed by atoms with Gasteiger partial charge in [-0.05, 0) is 56.3 Å². The third-order valence-corrected chi connectivity index (χ3v) is 7.47. The van der Waals surface area contributed by atoms with E-state index in [9.17, 15) is 4.79 Å². The Labute approximate surface area is 213 Å². The molecule has 0 radical (unpaired) electrons. The molecule has 3 aromatic rings. The number of nitrogens with zero attached hydrogens (tertiary/aromatic N) is 3. The molecule has 1 aromatic heterocycles. The van der Waals surface area contributed by atoms with Crippen molar-refractivity contribution in [3.05, 3.63) is 83.5 Å². The van der Waals surface area contributed by atoms with E-state index in [0.29, 0.717) is 25.6 Å². The Morgan fingerprint density at radius 3 is 2.39 bits per heavy atom. The maximum Gasteiger partial charge on any atom is 0.229 e. The molecule has 2 aliphatic rings. The van der Waals surface area contributed by atoms with Gasteiger partial charge in [-0.3, -0.25) is 4.79 Å². The highest BCUT2D eigenvalue weighted by atomic mass is 16.5. The molecule has 2 fully saturated rings. The van der Waals surface area contributed by atoms with E-state index in [-0.39, 0.29) is 17.9 Å². The Kier molecular flexibility index (Phi) is 8.41. The number of rotatable bonds is 9. The standard InChI is InChI=1S/C29H36N4O3/c34-28(24-14-19-35-20-15-24)30-26(23-9-5-2-6-10-23)13-18-33-16-11-25(12-17-33)29-31-27(32-36-29)21-22-7-3-1-4-8-22/h1-10,24-26H,11-21H2,(H,30,34). The summed E-state index contributed by atoms with van der Waals surface area (Å²) in [6.45, 7) is 4.30. The summed E-state index contributed by atoms with van der Waals surface area (Å²) >= 11 is 0. The number of carbonyl (C=O) groups excluding carboxylic acids is 1. The van der Waals surface area contributed by atoms with Crippen LogP contribution < -0.4 is 5.32 Å². The lowest BCUT2D eigenvalue weighted by molar-refractivity contribution is -0.128. The first kappa shape index (κ1) is 24.7. The normalized spacial score (nSPS) is 18.7. The number of benzene rings is 2. The number of carbonyl (C=O) groups is 1. The summed E-state index contributed by atoms with van der Waals surface area (Å²) in [6.07, 6.45) is 5.23. The van der Waals surface area contributed by atoms with Gasteiger partial charge in [-0.1, -0.05) is 65.8 Å². The SMILES string of the molecule is O=C(NC(CCN1CCC(c2nc(Cc3ccccc3)no2)CC1)c1ccccc1)C1CCOCC1. The Balaban J connectivity index is 1.12. The summed E-state index contributed by atoms with van der Waals surface area (Å²) in [5.74, 6) is 2.06. The van der Waals surface area contributed by atoms with Crippen LogP contribution in [0.2, 0.25) is 0 Å². The van der Waals surface area contributed by atoms with Crippen molar-refractivity contribution in [1.29, 1.82) is 0 Å². The molecule has 5 rings (SSSR count). The van der Waals surface area contributed by atoms with Crippen LogP contribution in [-0.2, 0) is 16.0 Å². The lowest BCUT2D eigenvalue weighted by Crippen LogP contribution is -2.39. The largest absolute Gasteiger partial charge is 0.381 e. The lowest BCUT2D eigenvalue weighted by atomic mass is 9.95. The van der Waals surface area contributed by atoms with Crippen molar-refractivity contribution in [2.45, 2.75) is 50.5 Å². The van der Waals surface area contributed by atoms with Gasteiger partial charge in [-0.2, -0.15) is 4.98 Å². The molecule has 3 heterocycles. The van der Waals surface area contributed by atoms with Crippen molar-refractivity contribution in [1.82, 2.24) is 20.4 Å². The van der Waals surface area contributed by atoms with E-state index in [2.05, 4.69) is 39.6 Å². The Morgan fingerprint density at radius 1 is 0.972 bits per heavy atom. The van der Waals surface area contributed by atoms with Crippen molar-refractivity contribution in [2.75, 3.05) is 32.8 Å². The van der Waals surface area contributed by atoms with Crippen LogP contribution in [0.5, 0.6) is 0 Å². The van der Waals surface area contributed by atoms with Gasteiger partial charge in [-0.15, -0.1) is 0 Å². The van der Waals surface area contributed by atoms with Crippen LogP contribution >= 0.6 is 0 Å². The first-order valence-electron chi connectivity index (χ1n) is 13.3. The van der Waals surface area contributed by atoms with Gasteiger partial charge in [-0.25, -0.2) is 0 Å². The van der Waals surface area contributed by atoms with E-state index in [1.54, 1.807) is 0 Å². The molecule has 7 nitrogen and oxygen atoms in total. The number of hydrogen-bond donors (Lipinski definition) is 1. The summed E-state index contributed by atoms with van der Waals surface area (Å²) in [6, 6.07) is 20.6. The topological polar surface area (TPSA) is 80.5 Å². The molecule has 0 spiro atoms. The number of piperidine rings is 1. The molecule has 1 atom stereocenters. The van der Waals surface area contributed by atoms with Gasteiger partial charge in [0.25, 0.3) is 0 Å². The zero-order valence-electron chi connectivity index (χ0n) is 20.9. The maximum atomic E-state index is 12.9. The second-order valence-electron chi connectivity index (χ2n) is 9.97. The Bertz CT molecular complexity index is 1070. The molecular formula is C29H36N4O3. The summed E-state index contributed by atoms with van der Waals surface area (Å²) in [5, 5.41) is 7.56. The summed E-state index contributed by atoms with van der Waals surface area (Å²) < 4.78 is 11.1. The average Bonchev–Trinajstić information content (AvgIpc) is 3.41. The molecule has 190 valence electrons. The fourth-order valence-electron chi connectivity index (χ4n) is 5.26. The van der Waals surface area contributed by atoms with Crippen LogP contribution in [0.15, 0.2) is 65.2 Å². The van der Waals surface area contributed by atoms with Gasteiger partial charge < -0.3 is 19.5 Å². The second-order valence-corrected chi connectivity index (χ2v) is 9.97. The highest BCUT2D eigenvalue weighted by Gasteiger charge is 2.27. The first-order chi connectivity index (χ1) is 17.7. The molecule has 36 heavy (non-hydrogen) atoms. The van der Waals surface area contributed by atoms with Crippen LogP contribution in [0.4, 0.5) is 0 Å². The van der Waals surface area contributed by atoms with Crippen LogP contribution in [0.25, 0.3) is 0 Å². The van der Waals surface area contributed by atoms with Crippen molar-refractivity contribution in [3.8, 4) is 0 Å². The third kappa shape index (κ3) is 6.59. The van der Waals surface area contributed by atoms with E-state index >= 15 is 0 Å². The third-order valence-electron chi connectivity index (χ3n) is 7.47. The summed E-state index contributed by atoms with van der Waals surface area (Å²) in [5.41, 5.74) is 2.36. The highest BCUT2D eigenvalue weighted by molar-refractivity contribution is 5.79. The van der Waals surface area contributed by atoms with Gasteiger partial charge >= 0.3 is 0 Å². The van der Waals surface area contributed by atoms with Crippen LogP contribution in [0.3, 0.4) is 0 Å². The van der Waals surface area contributed by atoms with Gasteiger partial charge in [0, 0.05) is 38.0 Å². The van der Waals surface area contributed by atoms with Gasteiger partial charge in [0.2, 0.25) is 11.8 Å². The molecule has 0 aliphatic carbocycles. The van der Waals surface area contributed by atoms with Gasteiger partial charge in [0.1, 0.15) is 0 Å². The number of nitrogens with one attached hydrogen (secondary N) is 1. The molecule has 1 amide bonds. The van der Waals surface area contributed by atoms with Crippen molar-refractivity contribution in [3.63, 3.8) is 0 Å². The summed E-state index contributed by atoms with van der Waals surface area (Å²) in [7, 11) is 0. The molecule has 2 aliphatic heterocycles. The molecule has 2 aromatic carbocycles. The average molecular weight is 489 g/mol. The van der Waals surface area contributed by atoms with Crippen molar-refractivity contribution in [2.24, 2.45) is 5.92 Å². The van der Waals surface area contributed by atoms with E-state index in [4.69, 9.17) is 14.2 Å². The van der Waals surface area contributed by atoms with Crippen LogP contribution in [-0.4, -0.2) is 53.8 Å². The summed E-state index contributed by atoms with van der Waals surface area (Å²) in [4.78, 5) is 20.1. The quantitative estimate of drug-likeness (QED) is 0.477. The van der Waals surface area contributed by atoms with Gasteiger partial charge in [0.05, 0.1) is 6.04 Å². The second kappa shape index (κ2) is 12.3. The zero-order chi connectivity index (χ0) is 24.6. The fraction of sp³-hybridized carbons (Fsp3) is 0.483.